The molecule has 1 unspecified atom stereocenters. The minimum atomic E-state index is -0.189. The van der Waals surface area contributed by atoms with Crippen molar-refractivity contribution in [1.29, 1.82) is 0 Å². The smallest absolute Gasteiger partial charge is 0.222 e. The number of carbonyl (C=O) groups excluding carboxylic acids is 1. The van der Waals surface area contributed by atoms with Gasteiger partial charge in [0.15, 0.2) is 5.96 Å². The second-order valence-electron chi connectivity index (χ2n) is 6.06. The van der Waals surface area contributed by atoms with Crippen LogP contribution in [0.4, 0.5) is 4.39 Å². The molecule has 0 aliphatic carbocycles. The lowest BCUT2D eigenvalue weighted by Crippen LogP contribution is -2.45. The highest BCUT2D eigenvalue weighted by Gasteiger charge is 2.25. The molecule has 1 aromatic carbocycles. The van der Waals surface area contributed by atoms with Gasteiger partial charge in [0, 0.05) is 39.1 Å². The summed E-state index contributed by atoms with van der Waals surface area (Å²) in [4.78, 5) is 17.8. The summed E-state index contributed by atoms with van der Waals surface area (Å²) in [7, 11) is 1.74. The van der Waals surface area contributed by atoms with Crippen LogP contribution in [0.1, 0.15) is 31.7 Å². The molecule has 1 saturated heterocycles. The van der Waals surface area contributed by atoms with E-state index in [0.29, 0.717) is 6.42 Å². The van der Waals surface area contributed by atoms with Crippen molar-refractivity contribution in [2.75, 3.05) is 26.7 Å². The van der Waals surface area contributed by atoms with E-state index < -0.39 is 0 Å². The van der Waals surface area contributed by atoms with Gasteiger partial charge in [0.1, 0.15) is 5.82 Å². The topological polar surface area (TPSA) is 56.7 Å². The summed E-state index contributed by atoms with van der Waals surface area (Å²) >= 11 is 0. The van der Waals surface area contributed by atoms with Crippen LogP contribution in [0.5, 0.6) is 0 Å². The first-order valence-corrected chi connectivity index (χ1v) is 8.61. The van der Waals surface area contributed by atoms with Gasteiger partial charge < -0.3 is 15.5 Å². The molecule has 1 atom stereocenters. The predicted molar refractivity (Wildman–Crippen MR) is 94.5 cm³/mol. The molecule has 2 rings (SSSR count). The fraction of sp³-hybridized carbons (Fsp3) is 0.556. The summed E-state index contributed by atoms with van der Waals surface area (Å²) in [6.07, 6.45) is 3.22. The number of amides is 1. The summed E-state index contributed by atoms with van der Waals surface area (Å²) in [5, 5.41) is 6.65. The summed E-state index contributed by atoms with van der Waals surface area (Å²) in [6.45, 7) is 4.19. The maximum absolute atomic E-state index is 13.1. The maximum Gasteiger partial charge on any atom is 0.222 e. The zero-order chi connectivity index (χ0) is 17.4. The molecule has 2 N–H and O–H groups in total. The number of hydrogen-bond donors (Lipinski definition) is 2. The van der Waals surface area contributed by atoms with Gasteiger partial charge >= 0.3 is 0 Å². The molecule has 0 radical (unpaired) electrons. The minimum absolute atomic E-state index is 0.189. The Balaban J connectivity index is 1.69. The van der Waals surface area contributed by atoms with Crippen molar-refractivity contribution in [3.63, 3.8) is 0 Å². The maximum atomic E-state index is 13.1. The number of nitrogens with one attached hydrogen (secondary N) is 2. The van der Waals surface area contributed by atoms with Crippen LogP contribution in [0.2, 0.25) is 0 Å². The van der Waals surface area contributed by atoms with Crippen LogP contribution in [0.25, 0.3) is 0 Å². The molecule has 1 heterocycles. The number of likely N-dealkylation sites (tertiary alicyclic amines) is 1. The molecular formula is C18H27FN4O. The normalized spacial score (nSPS) is 17.9. The Hall–Kier alpha value is -2.11. The van der Waals surface area contributed by atoms with E-state index in [1.807, 2.05) is 17.9 Å². The standard InChI is InChI=1S/C18H27FN4O/c1-3-17(24)23-11-9-16(13-23)22-18(20-2)21-10-5-7-14-6-4-8-15(19)12-14/h4,6,8,12,16H,3,5,7,9-11,13H2,1-2H3,(H2,20,21,22). The first-order chi connectivity index (χ1) is 11.6. The second-order valence-corrected chi connectivity index (χ2v) is 6.06. The number of benzene rings is 1. The molecule has 132 valence electrons. The zero-order valence-corrected chi connectivity index (χ0v) is 14.5. The van der Waals surface area contributed by atoms with Crippen LogP contribution in [-0.4, -0.2) is 49.5 Å². The lowest BCUT2D eigenvalue weighted by molar-refractivity contribution is -0.129. The summed E-state index contributed by atoms with van der Waals surface area (Å²) in [5.74, 6) is 0.771. The Kier molecular flexibility index (Phi) is 7.03. The van der Waals surface area contributed by atoms with E-state index in [2.05, 4.69) is 15.6 Å². The van der Waals surface area contributed by atoms with E-state index >= 15 is 0 Å². The van der Waals surface area contributed by atoms with E-state index in [4.69, 9.17) is 0 Å². The molecule has 1 aromatic rings. The monoisotopic (exact) mass is 334 g/mol. The van der Waals surface area contributed by atoms with Gasteiger partial charge in [0.2, 0.25) is 5.91 Å². The second kappa shape index (κ2) is 9.25. The van der Waals surface area contributed by atoms with Gasteiger partial charge in [0.05, 0.1) is 0 Å². The molecule has 1 aliphatic heterocycles. The van der Waals surface area contributed by atoms with Gasteiger partial charge in [0.25, 0.3) is 0 Å². The Bertz CT molecular complexity index is 576. The number of guanidine groups is 1. The van der Waals surface area contributed by atoms with Crippen LogP contribution in [-0.2, 0) is 11.2 Å². The van der Waals surface area contributed by atoms with E-state index in [-0.39, 0.29) is 17.8 Å². The average molecular weight is 334 g/mol. The Morgan fingerprint density at radius 2 is 2.29 bits per heavy atom. The molecule has 1 amide bonds. The summed E-state index contributed by atoms with van der Waals surface area (Å²) < 4.78 is 13.1. The Labute approximate surface area is 143 Å². The fourth-order valence-corrected chi connectivity index (χ4v) is 2.91. The van der Waals surface area contributed by atoms with Crippen molar-refractivity contribution >= 4 is 11.9 Å². The number of hydrogen-bond acceptors (Lipinski definition) is 2. The Morgan fingerprint density at radius 3 is 3.00 bits per heavy atom. The number of rotatable bonds is 6. The molecular weight excluding hydrogens is 307 g/mol. The van der Waals surface area contributed by atoms with Crippen molar-refractivity contribution in [1.82, 2.24) is 15.5 Å². The minimum Gasteiger partial charge on any atom is -0.356 e. The molecule has 0 bridgehead atoms. The first kappa shape index (κ1) is 18.2. The van der Waals surface area contributed by atoms with Crippen LogP contribution < -0.4 is 10.6 Å². The van der Waals surface area contributed by atoms with Gasteiger partial charge in [-0.15, -0.1) is 0 Å². The van der Waals surface area contributed by atoms with Crippen LogP contribution in [0, 0.1) is 5.82 Å². The van der Waals surface area contributed by atoms with Crippen molar-refractivity contribution in [3.8, 4) is 0 Å². The first-order valence-electron chi connectivity index (χ1n) is 8.61. The van der Waals surface area contributed by atoms with Crippen molar-refractivity contribution < 1.29 is 9.18 Å². The third-order valence-corrected chi connectivity index (χ3v) is 4.23. The van der Waals surface area contributed by atoms with Crippen LogP contribution >= 0.6 is 0 Å². The Morgan fingerprint density at radius 1 is 1.46 bits per heavy atom. The van der Waals surface area contributed by atoms with Gasteiger partial charge in [-0.1, -0.05) is 19.1 Å². The molecule has 6 heteroatoms. The van der Waals surface area contributed by atoms with Crippen molar-refractivity contribution in [2.24, 2.45) is 4.99 Å². The third-order valence-electron chi connectivity index (χ3n) is 4.23. The number of aryl methyl sites for hydroxylation is 1. The van der Waals surface area contributed by atoms with E-state index in [1.54, 1.807) is 19.2 Å². The quantitative estimate of drug-likeness (QED) is 0.475. The van der Waals surface area contributed by atoms with Crippen LogP contribution in [0.15, 0.2) is 29.3 Å². The molecule has 1 aliphatic rings. The highest BCUT2D eigenvalue weighted by Crippen LogP contribution is 2.10. The molecule has 24 heavy (non-hydrogen) atoms. The molecule has 5 nitrogen and oxygen atoms in total. The van der Waals surface area contributed by atoms with Crippen LogP contribution in [0.3, 0.4) is 0 Å². The molecule has 0 aromatic heterocycles. The van der Waals surface area contributed by atoms with E-state index in [9.17, 15) is 9.18 Å². The van der Waals surface area contributed by atoms with Gasteiger partial charge in [-0.3, -0.25) is 9.79 Å². The van der Waals surface area contributed by atoms with Gasteiger partial charge in [-0.25, -0.2) is 4.39 Å². The van der Waals surface area contributed by atoms with Crippen molar-refractivity contribution in [2.45, 2.75) is 38.6 Å². The highest BCUT2D eigenvalue weighted by molar-refractivity contribution is 5.80. The molecule has 0 saturated carbocycles. The lowest BCUT2D eigenvalue weighted by Gasteiger charge is -2.18. The third kappa shape index (κ3) is 5.51. The zero-order valence-electron chi connectivity index (χ0n) is 14.5. The number of nitrogens with zero attached hydrogens (tertiary/aromatic N) is 2. The summed E-state index contributed by atoms with van der Waals surface area (Å²) in [5.41, 5.74) is 1.00. The lowest BCUT2D eigenvalue weighted by atomic mass is 10.1. The number of halogens is 1. The van der Waals surface area contributed by atoms with Crippen molar-refractivity contribution in [3.05, 3.63) is 35.6 Å². The van der Waals surface area contributed by atoms with Gasteiger partial charge in [-0.05, 0) is 37.0 Å². The fourth-order valence-electron chi connectivity index (χ4n) is 2.91. The SMILES string of the molecule is CCC(=O)N1CCC(NC(=NC)NCCCc2cccc(F)c2)C1. The molecule has 1 fully saturated rings. The van der Waals surface area contributed by atoms with Gasteiger partial charge in [-0.2, -0.15) is 0 Å². The average Bonchev–Trinajstić information content (AvgIpc) is 3.05. The summed E-state index contributed by atoms with van der Waals surface area (Å²) in [6, 6.07) is 6.96. The van der Waals surface area contributed by atoms with E-state index in [0.717, 1.165) is 50.4 Å². The predicted octanol–water partition coefficient (Wildman–Crippen LogP) is 1.93. The highest BCUT2D eigenvalue weighted by atomic mass is 19.1. The number of carbonyl (C=O) groups is 1. The molecule has 0 spiro atoms. The number of aliphatic imine (C=N–C) groups is 1. The largest absolute Gasteiger partial charge is 0.356 e. The van der Waals surface area contributed by atoms with E-state index in [1.165, 1.54) is 6.07 Å².